The molecule has 0 aliphatic carbocycles. The molecule has 2 aromatic carbocycles. The van der Waals surface area contributed by atoms with Gasteiger partial charge in [0, 0.05) is 37.7 Å². The van der Waals surface area contributed by atoms with Crippen molar-refractivity contribution in [2.75, 3.05) is 0 Å². The van der Waals surface area contributed by atoms with E-state index < -0.39 is 5.97 Å². The number of carbonyl (C=O) groups is 1. The van der Waals surface area contributed by atoms with Gasteiger partial charge in [-0.25, -0.2) is 4.79 Å². The monoisotopic (exact) mass is 411 g/mol. The average Bonchev–Trinajstić information content (AvgIpc) is 2.17. The molecule has 4 heteroatoms. The molecular weight excluding hydrogens is 404 g/mol. The molecule has 2 rings (SSSR count). The zero-order chi connectivity index (χ0) is 10.1. The van der Waals surface area contributed by atoms with E-state index in [1.165, 1.54) is 0 Å². The topological polar surface area (TPSA) is 37.3 Å². The minimum absolute atomic E-state index is 0. The Morgan fingerprint density at radius 2 is 1.73 bits per heavy atom. The molecule has 1 radical (unpaired) electrons. The Balaban J connectivity index is 0.00000112. The quantitative estimate of drug-likeness (QED) is 0.734. The summed E-state index contributed by atoms with van der Waals surface area (Å²) in [7, 11) is 0. The summed E-state index contributed by atoms with van der Waals surface area (Å²) in [6.07, 6.45) is 0. The Bertz CT molecular complexity index is 506. The molecule has 0 aromatic heterocycles. The zero-order valence-corrected chi connectivity index (χ0v) is 13.0. The fraction of sp³-hybridized carbons (Fsp3) is 0. The fourth-order valence-electron chi connectivity index (χ4n) is 1.47. The number of rotatable bonds is 1. The van der Waals surface area contributed by atoms with E-state index in [-0.39, 0.29) is 32.9 Å². The van der Waals surface area contributed by atoms with Crippen LogP contribution in [0.1, 0.15) is 10.4 Å². The SMILES string of the molecule is O=C(O)c1cccc2cccc(Cl)c12.[Tl]. The Morgan fingerprint density at radius 3 is 2.33 bits per heavy atom. The van der Waals surface area contributed by atoms with Crippen LogP contribution in [-0.2, 0) is 0 Å². The number of aromatic carboxylic acids is 1. The summed E-state index contributed by atoms with van der Waals surface area (Å²) in [5, 5.41) is 10.9. The smallest absolute Gasteiger partial charge is 0.336 e. The summed E-state index contributed by atoms with van der Waals surface area (Å²) in [6, 6.07) is 10.4. The number of fused-ring (bicyclic) bond motifs is 1. The standard InChI is InChI=1S/C11H7ClO2.Tl/c12-9-6-2-4-7-3-1-5-8(10(7)9)11(13)14;/h1-6H,(H,13,14);. The predicted molar refractivity (Wildman–Crippen MR) is 61.7 cm³/mol. The summed E-state index contributed by atoms with van der Waals surface area (Å²) in [5.41, 5.74) is 0.244. The van der Waals surface area contributed by atoms with Gasteiger partial charge in [-0.15, -0.1) is 0 Å². The van der Waals surface area contributed by atoms with Crippen molar-refractivity contribution in [3.63, 3.8) is 0 Å². The van der Waals surface area contributed by atoms with E-state index in [9.17, 15) is 4.79 Å². The molecule has 0 saturated carbocycles. The summed E-state index contributed by atoms with van der Waals surface area (Å²) in [6.45, 7) is 0. The predicted octanol–water partition coefficient (Wildman–Crippen LogP) is 2.81. The summed E-state index contributed by atoms with van der Waals surface area (Å²) >= 11 is 5.94. The van der Waals surface area contributed by atoms with Crippen molar-refractivity contribution in [1.82, 2.24) is 0 Å². The number of hydrogen-bond donors (Lipinski definition) is 1. The molecule has 73 valence electrons. The summed E-state index contributed by atoms with van der Waals surface area (Å²) < 4.78 is 0. The van der Waals surface area contributed by atoms with Crippen LogP contribution in [0.5, 0.6) is 0 Å². The van der Waals surface area contributed by atoms with Crippen LogP contribution in [0.3, 0.4) is 0 Å². The molecule has 0 atom stereocenters. The molecule has 0 spiro atoms. The maximum absolute atomic E-state index is 10.9. The Kier molecular flexibility index (Phi) is 4.10. The first kappa shape index (κ1) is 12.5. The van der Waals surface area contributed by atoms with Crippen molar-refractivity contribution < 1.29 is 9.90 Å². The van der Waals surface area contributed by atoms with Gasteiger partial charge in [-0.2, -0.15) is 0 Å². The molecule has 0 aliphatic rings. The maximum Gasteiger partial charge on any atom is 0.336 e. The molecule has 0 fully saturated rings. The van der Waals surface area contributed by atoms with E-state index in [0.717, 1.165) is 5.39 Å². The van der Waals surface area contributed by atoms with Crippen molar-refractivity contribution in [1.29, 1.82) is 0 Å². The van der Waals surface area contributed by atoms with Crippen LogP contribution < -0.4 is 0 Å². The molecule has 15 heavy (non-hydrogen) atoms. The van der Waals surface area contributed by atoms with E-state index in [2.05, 4.69) is 0 Å². The third-order valence-corrected chi connectivity index (χ3v) is 2.40. The van der Waals surface area contributed by atoms with Crippen LogP contribution in [0, 0.1) is 0 Å². The molecule has 0 unspecified atom stereocenters. The Labute approximate surface area is 112 Å². The summed E-state index contributed by atoms with van der Waals surface area (Å²) in [4.78, 5) is 10.9. The van der Waals surface area contributed by atoms with E-state index in [1.807, 2.05) is 12.1 Å². The first-order valence-corrected chi connectivity index (χ1v) is 4.48. The Morgan fingerprint density at radius 1 is 1.13 bits per heavy atom. The molecular formula is C11H7ClO2Tl. The zero-order valence-electron chi connectivity index (χ0n) is 7.77. The molecule has 0 heterocycles. The number of carboxylic acid groups (broad SMARTS) is 1. The molecule has 1 N–H and O–H groups in total. The van der Waals surface area contributed by atoms with Crippen molar-refractivity contribution >= 4 is 55.6 Å². The first-order chi connectivity index (χ1) is 6.70. The van der Waals surface area contributed by atoms with E-state index in [4.69, 9.17) is 16.7 Å². The van der Waals surface area contributed by atoms with Gasteiger partial charge in [0.15, 0.2) is 0 Å². The van der Waals surface area contributed by atoms with Crippen molar-refractivity contribution in [3.8, 4) is 0 Å². The maximum atomic E-state index is 10.9. The van der Waals surface area contributed by atoms with Gasteiger partial charge in [-0.05, 0) is 17.5 Å². The third-order valence-electron chi connectivity index (χ3n) is 2.08. The van der Waals surface area contributed by atoms with Crippen LogP contribution in [0.25, 0.3) is 10.8 Å². The van der Waals surface area contributed by atoms with Gasteiger partial charge in [0.2, 0.25) is 0 Å². The van der Waals surface area contributed by atoms with Crippen LogP contribution in [-0.4, -0.2) is 38.4 Å². The van der Waals surface area contributed by atoms with E-state index in [0.29, 0.717) is 10.4 Å². The van der Waals surface area contributed by atoms with Crippen LogP contribution in [0.15, 0.2) is 36.4 Å². The molecule has 0 bridgehead atoms. The minimum Gasteiger partial charge on any atom is -0.478 e. The molecule has 0 aliphatic heterocycles. The normalized spacial score (nSPS) is 9.67. The minimum atomic E-state index is -0.955. The molecule has 0 amide bonds. The van der Waals surface area contributed by atoms with Gasteiger partial charge in [0.25, 0.3) is 0 Å². The largest absolute Gasteiger partial charge is 0.478 e. The van der Waals surface area contributed by atoms with Crippen LogP contribution in [0.2, 0.25) is 5.02 Å². The van der Waals surface area contributed by atoms with Gasteiger partial charge in [0.05, 0.1) is 5.56 Å². The van der Waals surface area contributed by atoms with Crippen molar-refractivity contribution in [3.05, 3.63) is 47.0 Å². The second-order valence-electron chi connectivity index (χ2n) is 2.95. The second kappa shape index (κ2) is 4.94. The third kappa shape index (κ3) is 2.31. The first-order valence-electron chi connectivity index (χ1n) is 4.10. The number of halogens is 1. The van der Waals surface area contributed by atoms with Gasteiger partial charge in [0.1, 0.15) is 0 Å². The summed E-state index contributed by atoms with van der Waals surface area (Å²) in [5.74, 6) is -0.955. The van der Waals surface area contributed by atoms with Crippen molar-refractivity contribution in [2.45, 2.75) is 0 Å². The average molecular weight is 411 g/mol. The van der Waals surface area contributed by atoms with Gasteiger partial charge < -0.3 is 5.11 Å². The van der Waals surface area contributed by atoms with E-state index in [1.54, 1.807) is 24.3 Å². The Hall–Kier alpha value is -0.618. The number of carboxylic acids is 1. The van der Waals surface area contributed by atoms with Crippen molar-refractivity contribution in [2.24, 2.45) is 0 Å². The molecule has 2 aromatic rings. The fourth-order valence-corrected chi connectivity index (χ4v) is 1.76. The van der Waals surface area contributed by atoms with Gasteiger partial charge in [-0.1, -0.05) is 35.9 Å². The van der Waals surface area contributed by atoms with Gasteiger partial charge in [-0.3, -0.25) is 0 Å². The van der Waals surface area contributed by atoms with Crippen LogP contribution in [0.4, 0.5) is 0 Å². The van der Waals surface area contributed by atoms with Gasteiger partial charge >= 0.3 is 5.97 Å². The van der Waals surface area contributed by atoms with Crippen LogP contribution >= 0.6 is 11.6 Å². The molecule has 2 nitrogen and oxygen atoms in total. The number of hydrogen-bond acceptors (Lipinski definition) is 1. The number of benzene rings is 2. The van der Waals surface area contributed by atoms with E-state index >= 15 is 0 Å². The second-order valence-corrected chi connectivity index (χ2v) is 3.36. The molecule has 0 saturated heterocycles.